The third-order valence-corrected chi connectivity index (χ3v) is 10.6. The van der Waals surface area contributed by atoms with Gasteiger partial charge in [0.1, 0.15) is 5.78 Å². The van der Waals surface area contributed by atoms with Crippen molar-refractivity contribution in [1.82, 2.24) is 0 Å². The molecule has 2 saturated carbocycles. The van der Waals surface area contributed by atoms with Crippen molar-refractivity contribution >= 4 is 22.4 Å². The molecule has 0 N–H and O–H groups in total. The van der Waals surface area contributed by atoms with Gasteiger partial charge in [0.2, 0.25) is 0 Å². The van der Waals surface area contributed by atoms with E-state index < -0.39 is 71.1 Å². The molecule has 0 saturated heterocycles. The first kappa shape index (κ1) is 27.9. The van der Waals surface area contributed by atoms with Gasteiger partial charge in [-0.25, -0.2) is 0 Å². The molecule has 0 aromatic heterocycles. The van der Waals surface area contributed by atoms with Crippen molar-refractivity contribution in [2.24, 2.45) is 22.7 Å². The second-order valence-electron chi connectivity index (χ2n) is 14.6. The fourth-order valence-corrected chi connectivity index (χ4v) is 9.70. The van der Waals surface area contributed by atoms with E-state index in [1.54, 1.807) is 26.6 Å². The normalized spacial score (nSPS) is 29.7. The molecular formula is C30H52F6O3Si2. The number of halogens is 6. The molecule has 3 nitrogen and oxygen atoms in total. The lowest BCUT2D eigenvalue weighted by Crippen LogP contribution is -2.61. The molecule has 2 rings (SSSR count). The highest BCUT2D eigenvalue weighted by Gasteiger charge is 2.71. The highest BCUT2D eigenvalue weighted by Crippen LogP contribution is 2.62. The molecule has 2 aliphatic carbocycles. The second kappa shape index (κ2) is 12.0. The van der Waals surface area contributed by atoms with E-state index in [9.17, 15) is 31.1 Å². The van der Waals surface area contributed by atoms with Crippen LogP contribution in [0.1, 0.15) is 93.6 Å². The van der Waals surface area contributed by atoms with Crippen LogP contribution in [0.3, 0.4) is 0 Å². The maximum Gasteiger partial charge on any atom is 0.429 e. The first-order chi connectivity index (χ1) is 20.7. The SMILES string of the molecule is [2H]C([2H])([2H])C(CCC[C@](C)(C/C=C/C(O[Si](C)(C)C)(C(F)(F)F)C(F)(F)F)[C@H]1CC[C@H]2C(=O)CCC[C@]12C)(O[Si](C)(C)C)C([2H])([2H])[2H]. The second-order valence-corrected chi connectivity index (χ2v) is 23.5. The smallest absolute Gasteiger partial charge is 0.413 e. The molecule has 0 unspecified atom stereocenters. The average Bonchev–Trinajstić information content (AvgIpc) is 3.17. The quantitative estimate of drug-likeness (QED) is 0.121. The lowest BCUT2D eigenvalue weighted by atomic mass is 9.56. The van der Waals surface area contributed by atoms with E-state index >= 15 is 0 Å². The molecule has 0 aliphatic heterocycles. The molecule has 4 atom stereocenters. The molecule has 2 fully saturated rings. The molecule has 0 amide bonds. The summed E-state index contributed by atoms with van der Waals surface area (Å²) in [7, 11) is -6.19. The van der Waals surface area contributed by atoms with Gasteiger partial charge in [-0.1, -0.05) is 26.3 Å². The highest BCUT2D eigenvalue weighted by molar-refractivity contribution is 6.70. The van der Waals surface area contributed by atoms with Crippen LogP contribution in [0.2, 0.25) is 39.3 Å². The van der Waals surface area contributed by atoms with Gasteiger partial charge in [0.05, 0.1) is 5.60 Å². The lowest BCUT2D eigenvalue weighted by Gasteiger charge is -2.48. The number of alkyl halides is 6. The van der Waals surface area contributed by atoms with Crippen LogP contribution in [0.15, 0.2) is 12.2 Å². The van der Waals surface area contributed by atoms with E-state index in [4.69, 9.17) is 17.1 Å². The van der Waals surface area contributed by atoms with E-state index in [-0.39, 0.29) is 43.0 Å². The summed E-state index contributed by atoms with van der Waals surface area (Å²) >= 11 is 0. The standard InChI is InChI=1S/C30H52F6O3Si2/c1-25(2,38-40(5,6)7)17-12-18-26(3,24-16-15-22-23(37)14-11-20-27(22,24)4)19-13-21-28(29(31,32)33,30(34,35)36)39-41(8,9)10/h13,21-22,24H,11-12,14-20H2,1-10H3/b21-13+/t22-,24+,26+,27-/m0/s1/i1D3,2D3. The van der Waals surface area contributed by atoms with Crippen LogP contribution >= 0.6 is 0 Å². The maximum absolute atomic E-state index is 14.3. The lowest BCUT2D eigenvalue weighted by molar-refractivity contribution is -0.340. The minimum Gasteiger partial charge on any atom is -0.413 e. The fraction of sp³-hybridized carbons (Fsp3) is 0.900. The van der Waals surface area contributed by atoms with Gasteiger partial charge in [-0.15, -0.1) is 0 Å². The van der Waals surface area contributed by atoms with Crippen LogP contribution < -0.4 is 0 Å². The predicted octanol–water partition coefficient (Wildman–Crippen LogP) is 10.2. The van der Waals surface area contributed by atoms with E-state index in [2.05, 4.69) is 0 Å². The summed E-state index contributed by atoms with van der Waals surface area (Å²) in [6.45, 7) is 6.30. The van der Waals surface area contributed by atoms with Crippen molar-refractivity contribution in [3.05, 3.63) is 12.2 Å². The van der Waals surface area contributed by atoms with Crippen LogP contribution in [0.4, 0.5) is 26.3 Å². The summed E-state index contributed by atoms with van der Waals surface area (Å²) in [4.78, 5) is 12.9. The Morgan fingerprint density at radius 2 is 1.51 bits per heavy atom. The van der Waals surface area contributed by atoms with Gasteiger partial charge < -0.3 is 8.85 Å². The summed E-state index contributed by atoms with van der Waals surface area (Å²) in [5, 5.41) is 0. The number of ketones is 1. The van der Waals surface area contributed by atoms with E-state index in [0.717, 1.165) is 6.08 Å². The highest BCUT2D eigenvalue weighted by atomic mass is 28.4. The Kier molecular flexibility index (Phi) is 8.17. The molecule has 0 radical (unpaired) electrons. The molecule has 41 heavy (non-hydrogen) atoms. The molecule has 2 aliphatic rings. The summed E-state index contributed by atoms with van der Waals surface area (Å²) in [5.41, 5.74) is -8.64. The van der Waals surface area contributed by atoms with Crippen LogP contribution in [-0.4, -0.2) is 46.0 Å². The van der Waals surface area contributed by atoms with Gasteiger partial charge in [0.25, 0.3) is 5.60 Å². The minimum atomic E-state index is -5.81. The molecule has 0 bridgehead atoms. The largest absolute Gasteiger partial charge is 0.429 e. The Bertz CT molecular complexity index is 1120. The van der Waals surface area contributed by atoms with Gasteiger partial charge in [-0.05, 0) is 121 Å². The van der Waals surface area contributed by atoms with E-state index in [1.165, 1.54) is 19.6 Å². The summed E-state index contributed by atoms with van der Waals surface area (Å²) in [6.07, 6.45) is -8.65. The van der Waals surface area contributed by atoms with Crippen LogP contribution in [0, 0.1) is 22.7 Å². The molecule has 0 heterocycles. The first-order valence-corrected chi connectivity index (χ1v) is 21.2. The average molecular weight is 637 g/mol. The number of carbonyl (C=O) groups excluding carboxylic acids is 1. The summed E-state index contributed by atoms with van der Waals surface area (Å²) in [6, 6.07) is 0. The zero-order valence-corrected chi connectivity index (χ0v) is 27.7. The number of carbonyl (C=O) groups is 1. The van der Waals surface area contributed by atoms with Crippen molar-refractivity contribution < 1.29 is 48.2 Å². The predicted molar refractivity (Wildman–Crippen MR) is 157 cm³/mol. The number of rotatable bonds is 12. The number of Topliss-reactive ketones (excluding diaryl/α,β-unsaturated/α-hetero) is 1. The zero-order valence-electron chi connectivity index (χ0n) is 31.7. The van der Waals surface area contributed by atoms with Gasteiger partial charge in [-0.3, -0.25) is 4.79 Å². The first-order valence-electron chi connectivity index (χ1n) is 17.4. The van der Waals surface area contributed by atoms with E-state index in [0.29, 0.717) is 32.1 Å². The van der Waals surface area contributed by atoms with Gasteiger partial charge in [0, 0.05) is 20.6 Å². The molecule has 11 heteroatoms. The summed E-state index contributed by atoms with van der Waals surface area (Å²) < 4.78 is 146. The Morgan fingerprint density at radius 3 is 2.00 bits per heavy atom. The number of allylic oxidation sites excluding steroid dienone is 1. The third kappa shape index (κ3) is 8.72. The van der Waals surface area contributed by atoms with Crippen molar-refractivity contribution in [3.8, 4) is 0 Å². The topological polar surface area (TPSA) is 35.5 Å². The third-order valence-electron chi connectivity index (χ3n) is 8.71. The monoisotopic (exact) mass is 636 g/mol. The molecular weight excluding hydrogens is 578 g/mol. The fourth-order valence-electron chi connectivity index (χ4n) is 7.29. The summed E-state index contributed by atoms with van der Waals surface area (Å²) in [5.74, 6) is -0.530. The molecule has 0 spiro atoms. The molecule has 0 aromatic carbocycles. The van der Waals surface area contributed by atoms with Gasteiger partial charge >= 0.3 is 12.4 Å². The Hall–Kier alpha value is -0.656. The Balaban J connectivity index is 2.65. The van der Waals surface area contributed by atoms with Gasteiger partial charge in [0.15, 0.2) is 16.6 Å². The van der Waals surface area contributed by atoms with Crippen LogP contribution in [0.5, 0.6) is 0 Å². The van der Waals surface area contributed by atoms with Crippen molar-refractivity contribution in [2.45, 2.75) is 148 Å². The van der Waals surface area contributed by atoms with Crippen LogP contribution in [0.25, 0.3) is 0 Å². The minimum absolute atomic E-state index is 0.0358. The zero-order chi connectivity index (χ0) is 36.9. The van der Waals surface area contributed by atoms with Gasteiger partial charge in [-0.2, -0.15) is 26.3 Å². The van der Waals surface area contributed by atoms with Crippen LogP contribution in [-0.2, 0) is 13.6 Å². The molecule has 240 valence electrons. The number of hydrogen-bond donors (Lipinski definition) is 0. The Labute approximate surface area is 253 Å². The molecule has 0 aromatic rings. The number of hydrogen-bond acceptors (Lipinski definition) is 3. The van der Waals surface area contributed by atoms with Crippen molar-refractivity contribution in [2.75, 3.05) is 0 Å². The van der Waals surface area contributed by atoms with Crippen molar-refractivity contribution in [1.29, 1.82) is 0 Å². The van der Waals surface area contributed by atoms with Crippen molar-refractivity contribution in [3.63, 3.8) is 0 Å². The number of fused-ring (bicyclic) bond motifs is 1. The Morgan fingerprint density at radius 1 is 0.951 bits per heavy atom. The van der Waals surface area contributed by atoms with E-state index in [1.807, 2.05) is 6.92 Å². The maximum atomic E-state index is 14.3.